The fourth-order valence-corrected chi connectivity index (χ4v) is 2.12. The van der Waals surface area contributed by atoms with Gasteiger partial charge in [0.15, 0.2) is 11.5 Å². The number of amides is 1. The highest BCUT2D eigenvalue weighted by Gasteiger charge is 2.16. The number of nitrogens with one attached hydrogen (secondary N) is 1. The molecule has 0 unspecified atom stereocenters. The molecule has 0 heterocycles. The molecule has 0 atom stereocenters. The van der Waals surface area contributed by atoms with Gasteiger partial charge in [0.2, 0.25) is 11.7 Å². The molecule has 0 aliphatic rings. The lowest BCUT2D eigenvalue weighted by Crippen LogP contribution is -2.09. The summed E-state index contributed by atoms with van der Waals surface area (Å²) in [5.41, 5.74) is -0.653. The van der Waals surface area contributed by atoms with E-state index in [1.54, 1.807) is 0 Å². The molecule has 0 aliphatic carbocycles. The second-order valence-corrected chi connectivity index (χ2v) is 5.00. The molecule has 0 aromatic heterocycles. The van der Waals surface area contributed by atoms with Crippen LogP contribution in [-0.2, 0) is 4.79 Å². The molecule has 10 heteroatoms. The van der Waals surface area contributed by atoms with Gasteiger partial charge in [0.1, 0.15) is 0 Å². The molecule has 2 rings (SSSR count). The van der Waals surface area contributed by atoms with Crippen LogP contribution in [0.3, 0.4) is 0 Å². The van der Waals surface area contributed by atoms with Gasteiger partial charge in [-0.15, -0.1) is 0 Å². The van der Waals surface area contributed by atoms with E-state index in [0.29, 0.717) is 0 Å². The number of benzene rings is 2. The maximum atomic E-state index is 13.3. The summed E-state index contributed by atoms with van der Waals surface area (Å²) >= 11 is 0. The summed E-state index contributed by atoms with van der Waals surface area (Å²) < 4.78 is 47.8. The predicted octanol–water partition coefficient (Wildman–Crippen LogP) is 4.00. The van der Waals surface area contributed by atoms with Gasteiger partial charge in [-0.3, -0.25) is 14.9 Å². The van der Waals surface area contributed by atoms with E-state index in [1.165, 1.54) is 31.4 Å². The molecule has 2 aromatic rings. The maximum Gasteiger partial charge on any atom is 0.387 e. The Balaban J connectivity index is 2.20. The standard InChI is InChI=1S/C17H13F3N2O5/c1-26-14-4-2-3-10(16(14)27-17(19)20)5-8-15(23)21-11-6-7-12(18)13(9-11)22(24)25/h2-9,17H,1H3,(H,21,23)/b8-5+. The van der Waals surface area contributed by atoms with Crippen LogP contribution < -0.4 is 14.8 Å². The van der Waals surface area contributed by atoms with Gasteiger partial charge in [0, 0.05) is 23.4 Å². The van der Waals surface area contributed by atoms with Gasteiger partial charge in [0.25, 0.3) is 0 Å². The largest absolute Gasteiger partial charge is 0.493 e. The minimum Gasteiger partial charge on any atom is -0.493 e. The summed E-state index contributed by atoms with van der Waals surface area (Å²) in [7, 11) is 1.27. The van der Waals surface area contributed by atoms with E-state index < -0.39 is 28.9 Å². The SMILES string of the molecule is COc1cccc(/C=C/C(=O)Nc2ccc(F)c([N+](=O)[O-])c2)c1OC(F)F. The highest BCUT2D eigenvalue weighted by Crippen LogP contribution is 2.33. The summed E-state index contributed by atoms with van der Waals surface area (Å²) in [5, 5.41) is 13.0. The molecule has 142 valence electrons. The second kappa shape index (κ2) is 8.70. The normalized spacial score (nSPS) is 10.9. The van der Waals surface area contributed by atoms with Crippen LogP contribution in [0.5, 0.6) is 11.5 Å². The van der Waals surface area contributed by atoms with Crippen molar-refractivity contribution in [2.45, 2.75) is 6.61 Å². The molecule has 0 bridgehead atoms. The zero-order chi connectivity index (χ0) is 20.0. The number of nitro groups is 1. The van der Waals surface area contributed by atoms with Crippen molar-refractivity contribution < 1.29 is 32.4 Å². The summed E-state index contributed by atoms with van der Waals surface area (Å²) in [6.45, 7) is -3.10. The first-order valence-electron chi connectivity index (χ1n) is 7.36. The van der Waals surface area contributed by atoms with Crippen LogP contribution >= 0.6 is 0 Å². The van der Waals surface area contributed by atoms with Gasteiger partial charge in [0.05, 0.1) is 12.0 Å². The van der Waals surface area contributed by atoms with Crippen molar-refractivity contribution in [3.63, 3.8) is 0 Å². The van der Waals surface area contributed by atoms with E-state index in [-0.39, 0.29) is 22.7 Å². The van der Waals surface area contributed by atoms with Crippen LogP contribution in [-0.4, -0.2) is 24.6 Å². The zero-order valence-corrected chi connectivity index (χ0v) is 13.8. The highest BCUT2D eigenvalue weighted by molar-refractivity contribution is 6.02. The predicted molar refractivity (Wildman–Crippen MR) is 90.3 cm³/mol. The molecule has 0 saturated carbocycles. The molecule has 2 aromatic carbocycles. The molecule has 1 amide bonds. The summed E-state index contributed by atoms with van der Waals surface area (Å²) in [6.07, 6.45) is 2.20. The van der Waals surface area contributed by atoms with Crippen LogP contribution in [0.15, 0.2) is 42.5 Å². The molecule has 7 nitrogen and oxygen atoms in total. The Morgan fingerprint density at radius 2 is 2.04 bits per heavy atom. The Hall–Kier alpha value is -3.56. The van der Waals surface area contributed by atoms with Gasteiger partial charge in [-0.1, -0.05) is 12.1 Å². The molecule has 0 aliphatic heterocycles. The first kappa shape index (κ1) is 19.8. The topological polar surface area (TPSA) is 90.7 Å². The quantitative estimate of drug-likeness (QED) is 0.444. The lowest BCUT2D eigenvalue weighted by Gasteiger charge is -2.12. The summed E-state index contributed by atoms with van der Waals surface area (Å²) in [4.78, 5) is 21.7. The van der Waals surface area contributed by atoms with Crippen LogP contribution in [0.1, 0.15) is 5.56 Å². The molecule has 0 fully saturated rings. The van der Waals surface area contributed by atoms with E-state index in [2.05, 4.69) is 10.1 Å². The lowest BCUT2D eigenvalue weighted by molar-refractivity contribution is -0.387. The molecule has 0 radical (unpaired) electrons. The van der Waals surface area contributed by atoms with Gasteiger partial charge < -0.3 is 14.8 Å². The molecule has 0 saturated heterocycles. The van der Waals surface area contributed by atoms with E-state index in [0.717, 1.165) is 24.3 Å². The molecule has 27 heavy (non-hydrogen) atoms. The molecular formula is C17H13F3N2O5. The zero-order valence-electron chi connectivity index (χ0n) is 13.8. The fourth-order valence-electron chi connectivity index (χ4n) is 2.12. The number of ether oxygens (including phenoxy) is 2. The molecule has 1 N–H and O–H groups in total. The minimum absolute atomic E-state index is 0.00699. The van der Waals surface area contributed by atoms with Crippen molar-refractivity contribution in [3.8, 4) is 11.5 Å². The monoisotopic (exact) mass is 382 g/mol. The first-order chi connectivity index (χ1) is 12.8. The fraction of sp³-hybridized carbons (Fsp3) is 0.118. The van der Waals surface area contributed by atoms with Crippen molar-refractivity contribution in [2.24, 2.45) is 0 Å². The number of halogens is 3. The molecule has 0 spiro atoms. The van der Waals surface area contributed by atoms with Gasteiger partial charge >= 0.3 is 12.3 Å². The highest BCUT2D eigenvalue weighted by atomic mass is 19.3. The third-order valence-corrected chi connectivity index (χ3v) is 3.26. The van der Waals surface area contributed by atoms with Gasteiger partial charge in [-0.2, -0.15) is 13.2 Å². The van der Waals surface area contributed by atoms with Crippen LogP contribution in [0.4, 0.5) is 24.5 Å². The third kappa shape index (κ3) is 5.21. The van der Waals surface area contributed by atoms with Gasteiger partial charge in [-0.05, 0) is 24.3 Å². The number of carbonyl (C=O) groups excluding carboxylic acids is 1. The Morgan fingerprint density at radius 1 is 1.30 bits per heavy atom. The number of hydrogen-bond acceptors (Lipinski definition) is 5. The average molecular weight is 382 g/mol. The van der Waals surface area contributed by atoms with E-state index in [9.17, 15) is 28.1 Å². The van der Waals surface area contributed by atoms with Crippen molar-refractivity contribution in [2.75, 3.05) is 12.4 Å². The summed E-state index contributed by atoms with van der Waals surface area (Å²) in [6, 6.07) is 7.19. The lowest BCUT2D eigenvalue weighted by atomic mass is 10.1. The van der Waals surface area contributed by atoms with Crippen molar-refractivity contribution in [1.29, 1.82) is 0 Å². The number of carbonyl (C=O) groups is 1. The summed E-state index contributed by atoms with van der Waals surface area (Å²) in [5.74, 6) is -1.97. The van der Waals surface area contributed by atoms with E-state index in [1.807, 2.05) is 0 Å². The Labute approximate surface area is 151 Å². The maximum absolute atomic E-state index is 13.3. The second-order valence-electron chi connectivity index (χ2n) is 5.00. The average Bonchev–Trinajstić information content (AvgIpc) is 2.61. The number of anilines is 1. The van der Waals surface area contributed by atoms with Crippen molar-refractivity contribution >= 4 is 23.4 Å². The minimum atomic E-state index is -3.10. The van der Waals surface area contributed by atoms with E-state index in [4.69, 9.17) is 4.74 Å². The number of hydrogen-bond donors (Lipinski definition) is 1. The van der Waals surface area contributed by atoms with Gasteiger partial charge in [-0.25, -0.2) is 0 Å². The number of alkyl halides is 2. The number of rotatable bonds is 7. The number of nitrogens with zero attached hydrogens (tertiary/aromatic N) is 1. The smallest absolute Gasteiger partial charge is 0.387 e. The van der Waals surface area contributed by atoms with Crippen LogP contribution in [0.25, 0.3) is 6.08 Å². The third-order valence-electron chi connectivity index (χ3n) is 3.26. The first-order valence-corrected chi connectivity index (χ1v) is 7.36. The van der Waals surface area contributed by atoms with Crippen LogP contribution in [0.2, 0.25) is 0 Å². The van der Waals surface area contributed by atoms with Crippen LogP contribution in [0, 0.1) is 15.9 Å². The van der Waals surface area contributed by atoms with Crippen molar-refractivity contribution in [3.05, 3.63) is 64.0 Å². The Bertz CT molecular complexity index is 887. The van der Waals surface area contributed by atoms with Crippen molar-refractivity contribution in [1.82, 2.24) is 0 Å². The number of methoxy groups -OCH3 is 1. The number of para-hydroxylation sites is 1. The number of nitro benzene ring substituents is 1. The van der Waals surface area contributed by atoms with E-state index >= 15 is 0 Å². The Kier molecular flexibility index (Phi) is 6.36. The Morgan fingerprint density at radius 3 is 2.67 bits per heavy atom. The molecular weight excluding hydrogens is 369 g/mol.